The van der Waals surface area contributed by atoms with Crippen molar-refractivity contribution in [1.29, 1.82) is 5.41 Å². The summed E-state index contributed by atoms with van der Waals surface area (Å²) in [6, 6.07) is 0. The number of nitrogens with zero attached hydrogens (tertiary/aromatic N) is 3. The van der Waals surface area contributed by atoms with E-state index in [0.29, 0.717) is 11.4 Å². The Balaban J connectivity index is 2.19. The lowest BCUT2D eigenvalue weighted by atomic mass is 10.3. The molecule has 2 N–H and O–H groups in total. The summed E-state index contributed by atoms with van der Waals surface area (Å²) in [5, 5.41) is 10.3. The molecule has 0 spiro atoms. The predicted molar refractivity (Wildman–Crippen MR) is 76.6 cm³/mol. The molecule has 116 valence electrons. The standard InChI is InChI=1S/C12H12ClN5O4/c1-20-9-8(7(3-14)17-12(13)18-9)15-4-6-5-22-10(16-6)11(19)21-2/h3,5,14-15H,4H2,1-2H3. The van der Waals surface area contributed by atoms with Gasteiger partial charge in [-0.2, -0.15) is 4.98 Å². The van der Waals surface area contributed by atoms with Crippen LogP contribution in [-0.2, 0) is 11.3 Å². The van der Waals surface area contributed by atoms with Crippen LogP contribution in [0.1, 0.15) is 22.1 Å². The number of methoxy groups -OCH3 is 2. The maximum atomic E-state index is 11.3. The average molecular weight is 326 g/mol. The van der Waals surface area contributed by atoms with Gasteiger partial charge in [0.15, 0.2) is 0 Å². The van der Waals surface area contributed by atoms with Crippen molar-refractivity contribution in [3.8, 4) is 5.88 Å². The molecule has 0 saturated carbocycles. The lowest BCUT2D eigenvalue weighted by Crippen LogP contribution is -2.08. The van der Waals surface area contributed by atoms with Crippen molar-refractivity contribution < 1.29 is 18.7 Å². The lowest BCUT2D eigenvalue weighted by molar-refractivity contribution is 0.0556. The quantitative estimate of drug-likeness (QED) is 0.465. The highest BCUT2D eigenvalue weighted by Gasteiger charge is 2.16. The summed E-state index contributed by atoms with van der Waals surface area (Å²) >= 11 is 5.74. The van der Waals surface area contributed by atoms with Crippen LogP contribution in [0, 0.1) is 5.41 Å². The van der Waals surface area contributed by atoms with Gasteiger partial charge in [-0.25, -0.2) is 14.8 Å². The topological polar surface area (TPSA) is 123 Å². The van der Waals surface area contributed by atoms with Crippen molar-refractivity contribution in [1.82, 2.24) is 15.0 Å². The van der Waals surface area contributed by atoms with Gasteiger partial charge in [-0.3, -0.25) is 0 Å². The summed E-state index contributed by atoms with van der Waals surface area (Å²) in [6.07, 6.45) is 2.33. The van der Waals surface area contributed by atoms with Gasteiger partial charge >= 0.3 is 11.9 Å². The number of hydrogen-bond donors (Lipinski definition) is 2. The Morgan fingerprint density at radius 3 is 2.86 bits per heavy atom. The molecule has 0 radical (unpaired) electrons. The molecular weight excluding hydrogens is 314 g/mol. The van der Waals surface area contributed by atoms with Gasteiger partial charge in [0.05, 0.1) is 26.5 Å². The molecule has 2 aromatic rings. The van der Waals surface area contributed by atoms with Crippen LogP contribution in [0.5, 0.6) is 5.88 Å². The van der Waals surface area contributed by atoms with Crippen LogP contribution < -0.4 is 10.1 Å². The number of aromatic nitrogens is 3. The molecule has 0 aliphatic heterocycles. The molecule has 9 nitrogen and oxygen atoms in total. The molecule has 22 heavy (non-hydrogen) atoms. The van der Waals surface area contributed by atoms with Gasteiger partial charge in [0.1, 0.15) is 17.6 Å². The highest BCUT2D eigenvalue weighted by atomic mass is 35.5. The van der Waals surface area contributed by atoms with Crippen molar-refractivity contribution in [2.45, 2.75) is 6.54 Å². The molecule has 2 heterocycles. The van der Waals surface area contributed by atoms with Crippen LogP contribution in [0.3, 0.4) is 0 Å². The highest BCUT2D eigenvalue weighted by molar-refractivity contribution is 6.28. The van der Waals surface area contributed by atoms with Crippen molar-refractivity contribution in [2.75, 3.05) is 19.5 Å². The normalized spacial score (nSPS) is 10.1. The van der Waals surface area contributed by atoms with E-state index in [1.807, 2.05) is 0 Å². The Bertz CT molecular complexity index is 703. The molecule has 0 aliphatic carbocycles. The third kappa shape index (κ3) is 3.31. The molecule has 0 atom stereocenters. The van der Waals surface area contributed by atoms with Crippen LogP contribution in [0.4, 0.5) is 5.69 Å². The Labute approximate surface area is 130 Å². The summed E-state index contributed by atoms with van der Waals surface area (Å²) in [7, 11) is 2.65. The molecule has 0 bridgehead atoms. The van der Waals surface area contributed by atoms with Gasteiger partial charge in [0.25, 0.3) is 0 Å². The van der Waals surface area contributed by atoms with Gasteiger partial charge in [-0.05, 0) is 11.6 Å². The van der Waals surface area contributed by atoms with Crippen LogP contribution >= 0.6 is 11.6 Å². The number of esters is 1. The number of oxazole rings is 1. The Hall–Kier alpha value is -2.68. The minimum absolute atomic E-state index is 0.0321. The summed E-state index contributed by atoms with van der Waals surface area (Å²) in [6.45, 7) is 0.197. The Morgan fingerprint density at radius 1 is 1.45 bits per heavy atom. The molecule has 0 saturated heterocycles. The number of rotatable bonds is 6. The van der Waals surface area contributed by atoms with E-state index < -0.39 is 5.97 Å². The first-order valence-electron chi connectivity index (χ1n) is 5.97. The van der Waals surface area contributed by atoms with Crippen LogP contribution in [0.25, 0.3) is 0 Å². The zero-order valence-electron chi connectivity index (χ0n) is 11.7. The largest absolute Gasteiger partial charge is 0.479 e. The Kier molecular flexibility index (Phi) is 4.89. The first-order valence-corrected chi connectivity index (χ1v) is 6.35. The predicted octanol–water partition coefficient (Wildman–Crippen LogP) is 1.52. The van der Waals surface area contributed by atoms with E-state index in [1.54, 1.807) is 0 Å². The lowest BCUT2D eigenvalue weighted by Gasteiger charge is -2.11. The van der Waals surface area contributed by atoms with E-state index in [2.05, 4.69) is 25.0 Å². The monoisotopic (exact) mass is 325 g/mol. The number of nitrogens with one attached hydrogen (secondary N) is 2. The van der Waals surface area contributed by atoms with E-state index >= 15 is 0 Å². The van der Waals surface area contributed by atoms with E-state index in [9.17, 15) is 4.79 Å². The number of ether oxygens (including phenoxy) is 2. The molecule has 10 heteroatoms. The fraction of sp³-hybridized carbons (Fsp3) is 0.250. The maximum absolute atomic E-state index is 11.3. The summed E-state index contributed by atoms with van der Waals surface area (Å²) in [5.41, 5.74) is 1.09. The van der Waals surface area contributed by atoms with E-state index in [1.165, 1.54) is 20.5 Å². The number of hydrogen-bond acceptors (Lipinski definition) is 9. The fourth-order valence-electron chi connectivity index (χ4n) is 1.60. The molecule has 2 rings (SSSR count). The highest BCUT2D eigenvalue weighted by Crippen LogP contribution is 2.26. The minimum Gasteiger partial charge on any atom is -0.479 e. The van der Waals surface area contributed by atoms with Gasteiger partial charge in [-0.15, -0.1) is 0 Å². The first kappa shape index (κ1) is 15.7. The molecule has 0 amide bonds. The number of halogens is 1. The third-order valence-corrected chi connectivity index (χ3v) is 2.73. The van der Waals surface area contributed by atoms with Crippen LogP contribution in [-0.4, -0.2) is 41.4 Å². The minimum atomic E-state index is -0.668. The summed E-state index contributed by atoms with van der Waals surface area (Å²) in [4.78, 5) is 23.0. The summed E-state index contributed by atoms with van der Waals surface area (Å²) in [5.74, 6) is -0.625. The first-order chi connectivity index (χ1) is 10.6. The van der Waals surface area contributed by atoms with Crippen molar-refractivity contribution >= 4 is 29.5 Å². The van der Waals surface area contributed by atoms with E-state index in [0.717, 1.165) is 6.21 Å². The number of carbonyl (C=O) groups is 1. The molecule has 0 fully saturated rings. The van der Waals surface area contributed by atoms with E-state index in [-0.39, 0.29) is 29.3 Å². The molecule has 0 unspecified atom stereocenters. The van der Waals surface area contributed by atoms with Gasteiger partial charge in [-0.1, -0.05) is 0 Å². The zero-order chi connectivity index (χ0) is 16.1. The van der Waals surface area contributed by atoms with E-state index in [4.69, 9.17) is 26.2 Å². The number of anilines is 1. The second kappa shape index (κ2) is 6.85. The van der Waals surface area contributed by atoms with Gasteiger partial charge in [0.2, 0.25) is 11.2 Å². The van der Waals surface area contributed by atoms with Crippen molar-refractivity contribution in [3.05, 3.63) is 28.8 Å². The number of carbonyl (C=O) groups excluding carboxylic acids is 1. The van der Waals surface area contributed by atoms with Crippen LogP contribution in [0.2, 0.25) is 5.28 Å². The Morgan fingerprint density at radius 2 is 2.23 bits per heavy atom. The smallest absolute Gasteiger partial charge is 0.394 e. The van der Waals surface area contributed by atoms with Gasteiger partial charge < -0.3 is 24.6 Å². The molecular formula is C12H12ClN5O4. The zero-order valence-corrected chi connectivity index (χ0v) is 12.5. The summed E-state index contributed by atoms with van der Waals surface area (Å²) < 4.78 is 14.6. The average Bonchev–Trinajstić information content (AvgIpc) is 3.00. The molecule has 2 aromatic heterocycles. The second-order valence-corrected chi connectivity index (χ2v) is 4.23. The third-order valence-electron chi connectivity index (χ3n) is 2.56. The molecule has 0 aromatic carbocycles. The molecule has 0 aliphatic rings. The van der Waals surface area contributed by atoms with Crippen molar-refractivity contribution in [2.24, 2.45) is 0 Å². The van der Waals surface area contributed by atoms with Crippen LogP contribution in [0.15, 0.2) is 10.7 Å². The van der Waals surface area contributed by atoms with Gasteiger partial charge in [0, 0.05) is 6.21 Å². The maximum Gasteiger partial charge on any atom is 0.394 e. The second-order valence-electron chi connectivity index (χ2n) is 3.90. The SMILES string of the molecule is COC(=O)c1nc(CNc2c(C=N)nc(Cl)nc2OC)co1. The van der Waals surface area contributed by atoms with Crippen molar-refractivity contribution in [3.63, 3.8) is 0 Å². The fourth-order valence-corrected chi connectivity index (χ4v) is 1.76.